The molecular formula is C12H14F2N2O3. The van der Waals surface area contributed by atoms with E-state index in [4.69, 9.17) is 4.74 Å². The number of anilines is 1. The Bertz CT molecular complexity index is 490. The van der Waals surface area contributed by atoms with Gasteiger partial charge in [-0.2, -0.15) is 0 Å². The van der Waals surface area contributed by atoms with Crippen molar-refractivity contribution in [2.45, 2.75) is 19.4 Å². The average molecular weight is 272 g/mol. The highest BCUT2D eigenvalue weighted by molar-refractivity contribution is 5.63. The number of rotatable bonds is 4. The van der Waals surface area contributed by atoms with Crippen LogP contribution >= 0.6 is 0 Å². The summed E-state index contributed by atoms with van der Waals surface area (Å²) in [5, 5.41) is 13.6. The van der Waals surface area contributed by atoms with Gasteiger partial charge in [0.2, 0.25) is 0 Å². The lowest BCUT2D eigenvalue weighted by atomic mass is 10.0. The van der Waals surface area contributed by atoms with E-state index in [1.54, 1.807) is 6.92 Å². The molecule has 1 heterocycles. The van der Waals surface area contributed by atoms with Gasteiger partial charge in [-0.1, -0.05) is 0 Å². The molecule has 2 atom stereocenters. The van der Waals surface area contributed by atoms with Crippen molar-refractivity contribution < 1.29 is 18.4 Å². The van der Waals surface area contributed by atoms with Gasteiger partial charge in [0.15, 0.2) is 5.82 Å². The Labute approximate surface area is 108 Å². The normalized spacial score (nSPS) is 20.3. The Balaban J connectivity index is 2.25. The van der Waals surface area contributed by atoms with Crippen LogP contribution in [0.4, 0.5) is 20.2 Å². The van der Waals surface area contributed by atoms with Gasteiger partial charge in [-0.3, -0.25) is 10.1 Å². The van der Waals surface area contributed by atoms with E-state index in [1.807, 2.05) is 0 Å². The van der Waals surface area contributed by atoms with Gasteiger partial charge in [0.25, 0.3) is 5.69 Å². The van der Waals surface area contributed by atoms with Crippen LogP contribution in [0.2, 0.25) is 0 Å². The number of nitro benzene ring substituents is 1. The number of nitro groups is 1. The first-order valence-electron chi connectivity index (χ1n) is 5.96. The van der Waals surface area contributed by atoms with E-state index in [0.29, 0.717) is 25.3 Å². The summed E-state index contributed by atoms with van der Waals surface area (Å²) in [5.74, 6) is -1.77. The zero-order valence-electron chi connectivity index (χ0n) is 10.4. The van der Waals surface area contributed by atoms with Gasteiger partial charge in [0.05, 0.1) is 17.6 Å². The van der Waals surface area contributed by atoms with Crippen LogP contribution in [-0.2, 0) is 4.74 Å². The van der Waals surface area contributed by atoms with Crippen molar-refractivity contribution in [3.63, 3.8) is 0 Å². The number of nitrogens with zero attached hydrogens (tertiary/aromatic N) is 1. The highest BCUT2D eigenvalue weighted by Crippen LogP contribution is 2.31. The first kappa shape index (κ1) is 13.7. The van der Waals surface area contributed by atoms with Crippen molar-refractivity contribution in [3.8, 4) is 0 Å². The first-order valence-corrected chi connectivity index (χ1v) is 5.96. The molecule has 0 aliphatic carbocycles. The van der Waals surface area contributed by atoms with Crippen molar-refractivity contribution in [1.82, 2.24) is 0 Å². The SMILES string of the molecule is CC(Nc1c(F)cc(F)cc1[N+](=O)[O-])C1CCOC1. The molecule has 0 spiro atoms. The fraction of sp³-hybridized carbons (Fsp3) is 0.500. The predicted molar refractivity (Wildman–Crippen MR) is 65.0 cm³/mol. The van der Waals surface area contributed by atoms with E-state index in [0.717, 1.165) is 6.42 Å². The maximum Gasteiger partial charge on any atom is 0.298 e. The molecule has 0 amide bonds. The summed E-state index contributed by atoms with van der Waals surface area (Å²) in [4.78, 5) is 10.0. The number of hydrogen-bond acceptors (Lipinski definition) is 4. The quantitative estimate of drug-likeness (QED) is 0.676. The third kappa shape index (κ3) is 2.98. The van der Waals surface area contributed by atoms with Crippen molar-refractivity contribution in [3.05, 3.63) is 33.9 Å². The van der Waals surface area contributed by atoms with Crippen molar-refractivity contribution >= 4 is 11.4 Å². The minimum atomic E-state index is -0.966. The average Bonchev–Trinajstić information content (AvgIpc) is 2.85. The second kappa shape index (κ2) is 5.48. The molecule has 2 rings (SSSR count). The summed E-state index contributed by atoms with van der Waals surface area (Å²) in [7, 11) is 0. The van der Waals surface area contributed by atoms with Gasteiger partial charge < -0.3 is 10.1 Å². The van der Waals surface area contributed by atoms with Gasteiger partial charge in [-0.25, -0.2) is 8.78 Å². The summed E-state index contributed by atoms with van der Waals surface area (Å²) < 4.78 is 31.9. The summed E-state index contributed by atoms with van der Waals surface area (Å²) in [6.45, 7) is 2.96. The van der Waals surface area contributed by atoms with Crippen molar-refractivity contribution in [1.29, 1.82) is 0 Å². The molecule has 0 bridgehead atoms. The van der Waals surface area contributed by atoms with Gasteiger partial charge >= 0.3 is 0 Å². The topological polar surface area (TPSA) is 64.4 Å². The molecule has 104 valence electrons. The van der Waals surface area contributed by atoms with Crippen LogP contribution in [0.1, 0.15) is 13.3 Å². The van der Waals surface area contributed by atoms with Crippen LogP contribution in [0.3, 0.4) is 0 Å². The summed E-state index contributed by atoms with van der Waals surface area (Å²) >= 11 is 0. The molecule has 1 aromatic carbocycles. The lowest BCUT2D eigenvalue weighted by Gasteiger charge is -2.20. The monoisotopic (exact) mass is 272 g/mol. The van der Waals surface area contributed by atoms with E-state index < -0.39 is 22.2 Å². The van der Waals surface area contributed by atoms with Gasteiger partial charge in [-0.15, -0.1) is 0 Å². The van der Waals surface area contributed by atoms with Gasteiger partial charge in [0, 0.05) is 24.6 Å². The molecule has 7 heteroatoms. The Kier molecular flexibility index (Phi) is 3.94. The Hall–Kier alpha value is -1.76. The Morgan fingerprint density at radius 1 is 1.53 bits per heavy atom. The van der Waals surface area contributed by atoms with E-state index in [9.17, 15) is 18.9 Å². The molecule has 0 saturated carbocycles. The molecule has 2 unspecified atom stereocenters. The molecule has 1 aliphatic heterocycles. The molecule has 19 heavy (non-hydrogen) atoms. The molecule has 0 radical (unpaired) electrons. The van der Waals surface area contributed by atoms with Crippen LogP contribution < -0.4 is 5.32 Å². The van der Waals surface area contributed by atoms with E-state index >= 15 is 0 Å². The fourth-order valence-electron chi connectivity index (χ4n) is 2.14. The second-order valence-corrected chi connectivity index (χ2v) is 4.60. The molecule has 1 saturated heterocycles. The summed E-state index contributed by atoms with van der Waals surface area (Å²) in [6.07, 6.45) is 0.810. The third-order valence-electron chi connectivity index (χ3n) is 3.27. The number of ether oxygens (including phenoxy) is 1. The fourth-order valence-corrected chi connectivity index (χ4v) is 2.14. The van der Waals surface area contributed by atoms with Crippen LogP contribution in [0.25, 0.3) is 0 Å². The van der Waals surface area contributed by atoms with Crippen molar-refractivity contribution in [2.24, 2.45) is 5.92 Å². The molecular weight excluding hydrogens is 258 g/mol. The molecule has 1 aromatic rings. The van der Waals surface area contributed by atoms with E-state index in [-0.39, 0.29) is 17.6 Å². The summed E-state index contributed by atoms with van der Waals surface area (Å²) in [6, 6.07) is 1.15. The lowest BCUT2D eigenvalue weighted by Crippen LogP contribution is -2.27. The number of halogens is 2. The van der Waals surface area contributed by atoms with E-state index in [1.165, 1.54) is 0 Å². The molecule has 1 N–H and O–H groups in total. The number of benzene rings is 1. The largest absolute Gasteiger partial charge is 0.381 e. The maximum absolute atomic E-state index is 13.7. The zero-order chi connectivity index (χ0) is 14.0. The lowest BCUT2D eigenvalue weighted by molar-refractivity contribution is -0.384. The molecule has 1 fully saturated rings. The smallest absolute Gasteiger partial charge is 0.298 e. The van der Waals surface area contributed by atoms with E-state index in [2.05, 4.69) is 5.32 Å². The third-order valence-corrected chi connectivity index (χ3v) is 3.27. The van der Waals surface area contributed by atoms with Crippen molar-refractivity contribution in [2.75, 3.05) is 18.5 Å². The minimum Gasteiger partial charge on any atom is -0.381 e. The number of hydrogen-bond donors (Lipinski definition) is 1. The van der Waals surface area contributed by atoms with Crippen LogP contribution in [-0.4, -0.2) is 24.2 Å². The first-order chi connectivity index (χ1) is 8.99. The molecule has 0 aromatic heterocycles. The predicted octanol–water partition coefficient (Wildman–Crippen LogP) is 2.71. The molecule has 5 nitrogen and oxygen atoms in total. The van der Waals surface area contributed by atoms with Gasteiger partial charge in [-0.05, 0) is 13.3 Å². The molecule has 1 aliphatic rings. The Morgan fingerprint density at radius 2 is 2.26 bits per heavy atom. The van der Waals surface area contributed by atoms with Gasteiger partial charge in [0.1, 0.15) is 11.5 Å². The highest BCUT2D eigenvalue weighted by Gasteiger charge is 2.27. The maximum atomic E-state index is 13.7. The highest BCUT2D eigenvalue weighted by atomic mass is 19.1. The second-order valence-electron chi connectivity index (χ2n) is 4.60. The Morgan fingerprint density at radius 3 is 2.84 bits per heavy atom. The zero-order valence-corrected chi connectivity index (χ0v) is 10.4. The standard InChI is InChI=1S/C12H14F2N2O3/c1-7(8-2-3-19-6-8)15-12-10(14)4-9(13)5-11(12)16(17)18/h4-5,7-8,15H,2-3,6H2,1H3. The van der Waals surface area contributed by atoms with Crippen LogP contribution in [0, 0.1) is 27.7 Å². The summed E-state index contributed by atoms with van der Waals surface area (Å²) in [5.41, 5.74) is -0.867. The van der Waals surface area contributed by atoms with Crippen LogP contribution in [0.5, 0.6) is 0 Å². The van der Waals surface area contributed by atoms with Crippen LogP contribution in [0.15, 0.2) is 12.1 Å². The number of nitrogens with one attached hydrogen (secondary N) is 1. The minimum absolute atomic E-state index is 0.157.